The van der Waals surface area contributed by atoms with Gasteiger partial charge in [-0.05, 0) is 38.0 Å². The second-order valence-corrected chi connectivity index (χ2v) is 9.04. The van der Waals surface area contributed by atoms with E-state index >= 15 is 0 Å². The van der Waals surface area contributed by atoms with Crippen LogP contribution in [0.2, 0.25) is 5.02 Å². The molecule has 1 aliphatic rings. The van der Waals surface area contributed by atoms with Crippen LogP contribution in [0.25, 0.3) is 11.4 Å². The van der Waals surface area contributed by atoms with E-state index in [-0.39, 0.29) is 23.4 Å². The quantitative estimate of drug-likeness (QED) is 0.271. The van der Waals surface area contributed by atoms with Crippen molar-refractivity contribution in [1.29, 1.82) is 0 Å². The van der Waals surface area contributed by atoms with E-state index in [1.54, 1.807) is 19.1 Å². The Morgan fingerprint density at radius 2 is 2.00 bits per heavy atom. The summed E-state index contributed by atoms with van der Waals surface area (Å²) >= 11 is 7.71. The molecule has 10 heteroatoms. The van der Waals surface area contributed by atoms with Crippen molar-refractivity contribution in [3.8, 4) is 11.4 Å². The molecule has 0 unspecified atom stereocenters. The minimum atomic E-state index is -0.458. The second-order valence-electron chi connectivity index (χ2n) is 7.69. The molecule has 4 rings (SSSR count). The first-order valence-corrected chi connectivity index (χ1v) is 11.7. The van der Waals surface area contributed by atoms with Crippen molar-refractivity contribution in [1.82, 2.24) is 14.8 Å². The van der Waals surface area contributed by atoms with Crippen LogP contribution in [0.5, 0.6) is 0 Å². The minimum Gasteiger partial charge on any atom is -0.325 e. The average molecular weight is 472 g/mol. The molecule has 1 aliphatic carbocycles. The zero-order valence-corrected chi connectivity index (χ0v) is 19.0. The number of rotatable bonds is 7. The topological polar surface area (TPSA) is 103 Å². The smallest absolute Gasteiger partial charge is 0.274 e. The summed E-state index contributed by atoms with van der Waals surface area (Å²) in [4.78, 5) is 23.2. The van der Waals surface area contributed by atoms with Gasteiger partial charge in [-0.3, -0.25) is 19.5 Å². The van der Waals surface area contributed by atoms with Gasteiger partial charge in [0.05, 0.1) is 15.7 Å². The maximum Gasteiger partial charge on any atom is 0.274 e. The molecule has 32 heavy (non-hydrogen) atoms. The summed E-state index contributed by atoms with van der Waals surface area (Å²) in [5.74, 6) is 0.544. The highest BCUT2D eigenvalue weighted by Gasteiger charge is 2.26. The summed E-state index contributed by atoms with van der Waals surface area (Å²) in [7, 11) is 0. The highest BCUT2D eigenvalue weighted by molar-refractivity contribution is 7.99. The number of carbonyl (C=O) groups is 1. The van der Waals surface area contributed by atoms with Crippen LogP contribution in [0, 0.1) is 17.0 Å². The van der Waals surface area contributed by atoms with Crippen LogP contribution >= 0.6 is 23.4 Å². The molecule has 1 fully saturated rings. The van der Waals surface area contributed by atoms with Crippen LogP contribution in [0.15, 0.2) is 47.6 Å². The highest BCUT2D eigenvalue weighted by atomic mass is 35.5. The van der Waals surface area contributed by atoms with Crippen LogP contribution in [-0.4, -0.2) is 31.3 Å². The molecule has 166 valence electrons. The van der Waals surface area contributed by atoms with Gasteiger partial charge < -0.3 is 5.32 Å². The van der Waals surface area contributed by atoms with Gasteiger partial charge in [0.2, 0.25) is 5.91 Å². The lowest BCUT2D eigenvalue weighted by molar-refractivity contribution is -0.385. The van der Waals surface area contributed by atoms with E-state index in [9.17, 15) is 14.9 Å². The largest absolute Gasteiger partial charge is 0.325 e. The Morgan fingerprint density at radius 1 is 1.25 bits per heavy atom. The average Bonchev–Trinajstić information content (AvgIpc) is 3.43. The Hall–Kier alpha value is -2.91. The number of halogens is 1. The lowest BCUT2D eigenvalue weighted by Crippen LogP contribution is -2.15. The maximum absolute atomic E-state index is 12.5. The third-order valence-electron chi connectivity index (χ3n) is 5.49. The molecule has 2 aromatic carbocycles. The fourth-order valence-corrected chi connectivity index (χ4v) is 4.93. The number of hydrogen-bond donors (Lipinski definition) is 1. The third kappa shape index (κ3) is 4.78. The number of nitro benzene ring substituents is 1. The fourth-order valence-electron chi connectivity index (χ4n) is 3.90. The fraction of sp³-hybridized carbons (Fsp3) is 0.318. The number of amides is 1. The van der Waals surface area contributed by atoms with Crippen LogP contribution in [-0.2, 0) is 4.79 Å². The maximum atomic E-state index is 12.5. The lowest BCUT2D eigenvalue weighted by Gasteiger charge is -2.17. The summed E-state index contributed by atoms with van der Waals surface area (Å²) in [6.07, 6.45) is 4.34. The van der Waals surface area contributed by atoms with Crippen molar-refractivity contribution < 1.29 is 9.72 Å². The van der Waals surface area contributed by atoms with E-state index in [4.69, 9.17) is 11.6 Å². The summed E-state index contributed by atoms with van der Waals surface area (Å²) in [6, 6.07) is 12.4. The number of aryl methyl sites for hydroxylation is 1. The molecule has 8 nitrogen and oxygen atoms in total. The summed E-state index contributed by atoms with van der Waals surface area (Å²) in [5, 5.41) is 23.9. The van der Waals surface area contributed by atoms with E-state index in [1.807, 2.05) is 24.3 Å². The van der Waals surface area contributed by atoms with E-state index in [0.29, 0.717) is 27.3 Å². The zero-order chi connectivity index (χ0) is 22.7. The first-order valence-electron chi connectivity index (χ1n) is 10.3. The Bertz CT molecular complexity index is 1160. The number of nitro groups is 1. The highest BCUT2D eigenvalue weighted by Crippen LogP contribution is 2.38. The summed E-state index contributed by atoms with van der Waals surface area (Å²) < 4.78 is 2.10. The number of anilines is 1. The van der Waals surface area contributed by atoms with Crippen LogP contribution < -0.4 is 5.32 Å². The van der Waals surface area contributed by atoms with Crippen molar-refractivity contribution in [2.75, 3.05) is 11.1 Å². The number of hydrogen-bond acceptors (Lipinski definition) is 6. The van der Waals surface area contributed by atoms with Crippen LogP contribution in [0.1, 0.15) is 37.3 Å². The molecule has 0 aliphatic heterocycles. The van der Waals surface area contributed by atoms with E-state index < -0.39 is 4.92 Å². The van der Waals surface area contributed by atoms with Crippen LogP contribution in [0.4, 0.5) is 11.4 Å². The van der Waals surface area contributed by atoms with Crippen LogP contribution in [0.3, 0.4) is 0 Å². The Kier molecular flexibility index (Phi) is 6.76. The molecule has 3 aromatic rings. The molecule has 1 N–H and O–H groups in total. The second kappa shape index (κ2) is 9.70. The number of nitrogens with one attached hydrogen (secondary N) is 1. The molecule has 1 heterocycles. The normalized spacial score (nSPS) is 13.9. The van der Waals surface area contributed by atoms with Crippen molar-refractivity contribution in [3.63, 3.8) is 0 Å². The summed E-state index contributed by atoms with van der Waals surface area (Å²) in [6.45, 7) is 1.66. The SMILES string of the molecule is Cc1ccc(NC(=O)CSc2nnc(-c3ccccc3Cl)n2C2CCCC2)cc1[N+](=O)[O-]. The number of thioether (sulfide) groups is 1. The van der Waals surface area contributed by atoms with Gasteiger partial charge in [0.15, 0.2) is 11.0 Å². The standard InChI is InChI=1S/C22H22ClN5O3S/c1-14-10-11-15(12-19(14)28(30)31)24-20(29)13-32-22-26-25-21(17-8-4-5-9-18(17)23)27(22)16-6-2-3-7-16/h4-5,8-12,16H,2-3,6-7,13H2,1H3,(H,24,29). The molecule has 0 spiro atoms. The molecule has 1 amide bonds. The van der Waals surface area contributed by atoms with Gasteiger partial charge in [-0.15, -0.1) is 10.2 Å². The molecular weight excluding hydrogens is 450 g/mol. The number of benzene rings is 2. The van der Waals surface area contributed by atoms with E-state index in [1.165, 1.54) is 17.8 Å². The minimum absolute atomic E-state index is 0.0270. The predicted octanol–water partition coefficient (Wildman–Crippen LogP) is 5.66. The molecule has 0 saturated heterocycles. The van der Waals surface area contributed by atoms with Gasteiger partial charge in [-0.1, -0.05) is 54.4 Å². The lowest BCUT2D eigenvalue weighted by atomic mass is 10.2. The van der Waals surface area contributed by atoms with Gasteiger partial charge in [-0.25, -0.2) is 0 Å². The number of nitrogens with zero attached hydrogens (tertiary/aromatic N) is 4. The Labute approximate surface area is 194 Å². The number of carbonyl (C=O) groups excluding carboxylic acids is 1. The monoisotopic (exact) mass is 471 g/mol. The van der Waals surface area contributed by atoms with Gasteiger partial charge >= 0.3 is 0 Å². The summed E-state index contributed by atoms with van der Waals surface area (Å²) in [5.41, 5.74) is 1.72. The van der Waals surface area contributed by atoms with Gasteiger partial charge in [0.1, 0.15) is 0 Å². The Morgan fingerprint density at radius 3 is 2.72 bits per heavy atom. The van der Waals surface area contributed by atoms with Crippen molar-refractivity contribution >= 4 is 40.6 Å². The molecule has 1 aromatic heterocycles. The predicted molar refractivity (Wildman–Crippen MR) is 125 cm³/mol. The van der Waals surface area contributed by atoms with Crippen molar-refractivity contribution in [3.05, 3.63) is 63.2 Å². The number of aromatic nitrogens is 3. The van der Waals surface area contributed by atoms with Gasteiger partial charge in [0.25, 0.3) is 5.69 Å². The molecule has 1 saturated carbocycles. The first kappa shape index (κ1) is 22.3. The van der Waals surface area contributed by atoms with Gasteiger partial charge in [0, 0.05) is 28.9 Å². The zero-order valence-electron chi connectivity index (χ0n) is 17.5. The Balaban J connectivity index is 1.52. The van der Waals surface area contributed by atoms with E-state index in [2.05, 4.69) is 20.1 Å². The molecule has 0 radical (unpaired) electrons. The molecular formula is C22H22ClN5O3S. The first-order chi connectivity index (χ1) is 15.4. The third-order valence-corrected chi connectivity index (χ3v) is 6.76. The molecule has 0 bridgehead atoms. The van der Waals surface area contributed by atoms with E-state index in [0.717, 1.165) is 31.2 Å². The van der Waals surface area contributed by atoms with Crippen molar-refractivity contribution in [2.45, 2.75) is 43.8 Å². The van der Waals surface area contributed by atoms with Crippen molar-refractivity contribution in [2.24, 2.45) is 0 Å². The molecule has 0 atom stereocenters. The van der Waals surface area contributed by atoms with Gasteiger partial charge in [-0.2, -0.15) is 0 Å².